The topological polar surface area (TPSA) is 42.0 Å². The number of hydrogen-bond acceptors (Lipinski definition) is 3. The van der Waals surface area contributed by atoms with Crippen LogP contribution < -0.4 is 5.32 Å². The van der Waals surface area contributed by atoms with E-state index in [2.05, 4.69) is 17.2 Å². The third kappa shape index (κ3) is 2.15. The van der Waals surface area contributed by atoms with E-state index < -0.39 is 0 Å². The molecular formula is C16H18N2O. The fourth-order valence-corrected chi connectivity index (χ4v) is 2.84. The van der Waals surface area contributed by atoms with Crippen molar-refractivity contribution in [2.45, 2.75) is 19.8 Å². The van der Waals surface area contributed by atoms with Crippen molar-refractivity contribution in [3.8, 4) is 0 Å². The van der Waals surface area contributed by atoms with Crippen molar-refractivity contribution in [1.82, 2.24) is 10.3 Å². The van der Waals surface area contributed by atoms with Gasteiger partial charge < -0.3 is 5.32 Å². The highest BCUT2D eigenvalue weighted by molar-refractivity contribution is 6.10. The zero-order chi connectivity index (χ0) is 13.3. The molecule has 3 heteroatoms. The molecule has 0 unspecified atom stereocenters. The highest BCUT2D eigenvalue weighted by atomic mass is 16.1. The number of ketones is 1. The molecular weight excluding hydrogens is 236 g/mol. The second-order valence-electron chi connectivity index (χ2n) is 5.54. The van der Waals surface area contributed by atoms with Crippen LogP contribution in [0, 0.1) is 5.41 Å². The van der Waals surface area contributed by atoms with Crippen LogP contribution in [0.1, 0.15) is 30.1 Å². The third-order valence-corrected chi connectivity index (χ3v) is 4.18. The van der Waals surface area contributed by atoms with E-state index in [1.54, 1.807) is 12.4 Å². The first-order valence-electron chi connectivity index (χ1n) is 6.79. The molecule has 3 nitrogen and oxygen atoms in total. The Kier molecular flexibility index (Phi) is 3.07. The first kappa shape index (κ1) is 12.3. The van der Waals surface area contributed by atoms with Crippen molar-refractivity contribution in [1.29, 1.82) is 0 Å². The number of nitrogens with zero attached hydrogens (tertiary/aromatic N) is 1. The van der Waals surface area contributed by atoms with Crippen LogP contribution >= 0.6 is 0 Å². The van der Waals surface area contributed by atoms with Gasteiger partial charge in [-0.1, -0.05) is 25.1 Å². The number of pyridine rings is 1. The molecule has 0 radical (unpaired) electrons. The van der Waals surface area contributed by atoms with E-state index in [1.807, 2.05) is 24.3 Å². The van der Waals surface area contributed by atoms with Gasteiger partial charge in [0, 0.05) is 28.8 Å². The molecule has 1 fully saturated rings. The Balaban J connectivity index is 2.06. The summed E-state index contributed by atoms with van der Waals surface area (Å²) in [4.78, 5) is 17.0. The Labute approximate surface area is 113 Å². The number of piperidine rings is 1. The van der Waals surface area contributed by atoms with Gasteiger partial charge in [-0.15, -0.1) is 0 Å². The number of carbonyl (C=O) groups excluding carboxylic acids is 1. The molecule has 1 saturated heterocycles. The van der Waals surface area contributed by atoms with Gasteiger partial charge in [-0.3, -0.25) is 9.78 Å². The number of aromatic nitrogens is 1. The summed E-state index contributed by atoms with van der Waals surface area (Å²) in [6.45, 7) is 3.93. The molecule has 2 aromatic rings. The Bertz CT molecular complexity index is 610. The van der Waals surface area contributed by atoms with Gasteiger partial charge in [0.1, 0.15) is 0 Å². The summed E-state index contributed by atoms with van der Waals surface area (Å²) in [5.74, 6) is 0.257. The van der Waals surface area contributed by atoms with E-state index in [-0.39, 0.29) is 11.2 Å². The molecule has 0 saturated carbocycles. The van der Waals surface area contributed by atoms with Crippen molar-refractivity contribution < 1.29 is 4.79 Å². The number of nitrogens with one attached hydrogen (secondary N) is 1. The lowest BCUT2D eigenvalue weighted by atomic mass is 9.74. The smallest absolute Gasteiger partial charge is 0.169 e. The molecule has 1 aromatic heterocycles. The largest absolute Gasteiger partial charge is 0.317 e. The van der Waals surface area contributed by atoms with Crippen LogP contribution in [-0.2, 0) is 0 Å². The first-order chi connectivity index (χ1) is 9.21. The Hall–Kier alpha value is -1.74. The van der Waals surface area contributed by atoms with Gasteiger partial charge in [0.2, 0.25) is 0 Å². The molecule has 3 rings (SSSR count). The van der Waals surface area contributed by atoms with E-state index in [0.717, 1.165) is 42.3 Å². The van der Waals surface area contributed by atoms with Crippen molar-refractivity contribution in [3.63, 3.8) is 0 Å². The minimum absolute atomic E-state index is 0.241. The molecule has 1 aliphatic rings. The molecule has 1 aliphatic heterocycles. The summed E-state index contributed by atoms with van der Waals surface area (Å²) < 4.78 is 0. The number of benzene rings is 1. The molecule has 0 aliphatic carbocycles. The van der Waals surface area contributed by atoms with Gasteiger partial charge in [0.05, 0.1) is 0 Å². The molecule has 0 atom stereocenters. The van der Waals surface area contributed by atoms with Crippen molar-refractivity contribution in [2.24, 2.45) is 5.41 Å². The monoisotopic (exact) mass is 254 g/mol. The first-order valence-corrected chi connectivity index (χ1v) is 6.79. The van der Waals surface area contributed by atoms with E-state index in [9.17, 15) is 4.79 Å². The lowest BCUT2D eigenvalue weighted by molar-refractivity contribution is 0.0764. The minimum atomic E-state index is -0.241. The Morgan fingerprint density at radius 2 is 2.05 bits per heavy atom. The van der Waals surface area contributed by atoms with Crippen molar-refractivity contribution in [2.75, 3.05) is 13.1 Å². The molecule has 0 bridgehead atoms. The number of Topliss-reactive ketones (excluding diaryl/α,β-unsaturated/α-hetero) is 1. The minimum Gasteiger partial charge on any atom is -0.317 e. The number of carbonyl (C=O) groups is 1. The van der Waals surface area contributed by atoms with Crippen LogP contribution in [0.4, 0.5) is 0 Å². The maximum Gasteiger partial charge on any atom is 0.169 e. The quantitative estimate of drug-likeness (QED) is 0.838. The summed E-state index contributed by atoms with van der Waals surface area (Å²) in [6.07, 6.45) is 5.38. The van der Waals surface area contributed by atoms with Crippen LogP contribution in [0.5, 0.6) is 0 Å². The average Bonchev–Trinajstić information content (AvgIpc) is 2.47. The van der Waals surface area contributed by atoms with Crippen molar-refractivity contribution in [3.05, 3.63) is 42.2 Å². The van der Waals surface area contributed by atoms with Crippen LogP contribution in [0.3, 0.4) is 0 Å². The van der Waals surface area contributed by atoms with Crippen LogP contribution in [0.25, 0.3) is 10.8 Å². The van der Waals surface area contributed by atoms with Crippen molar-refractivity contribution >= 4 is 16.6 Å². The zero-order valence-corrected chi connectivity index (χ0v) is 11.1. The second kappa shape index (κ2) is 4.74. The summed E-state index contributed by atoms with van der Waals surface area (Å²) in [5, 5.41) is 5.37. The zero-order valence-electron chi connectivity index (χ0n) is 11.1. The predicted molar refractivity (Wildman–Crippen MR) is 76.3 cm³/mol. The highest BCUT2D eigenvalue weighted by Gasteiger charge is 2.35. The van der Waals surface area contributed by atoms with Gasteiger partial charge in [0.15, 0.2) is 5.78 Å². The summed E-state index contributed by atoms with van der Waals surface area (Å²) >= 11 is 0. The van der Waals surface area contributed by atoms with Gasteiger partial charge in [-0.05, 0) is 37.4 Å². The van der Waals surface area contributed by atoms with Gasteiger partial charge in [-0.25, -0.2) is 0 Å². The number of fused-ring (bicyclic) bond motifs is 1. The molecule has 1 aromatic carbocycles. The second-order valence-corrected chi connectivity index (χ2v) is 5.54. The van der Waals surface area contributed by atoms with E-state index in [0.29, 0.717) is 0 Å². The van der Waals surface area contributed by atoms with E-state index in [1.165, 1.54) is 0 Å². The lowest BCUT2D eigenvalue weighted by Crippen LogP contribution is -2.40. The fraction of sp³-hybridized carbons (Fsp3) is 0.375. The highest BCUT2D eigenvalue weighted by Crippen LogP contribution is 2.34. The maximum absolute atomic E-state index is 12.9. The van der Waals surface area contributed by atoms with E-state index >= 15 is 0 Å². The predicted octanol–water partition coefficient (Wildman–Crippen LogP) is 2.81. The maximum atomic E-state index is 12.9. The summed E-state index contributed by atoms with van der Waals surface area (Å²) in [7, 11) is 0. The normalized spacial score (nSPS) is 18.4. The fourth-order valence-electron chi connectivity index (χ4n) is 2.84. The van der Waals surface area contributed by atoms with E-state index in [4.69, 9.17) is 0 Å². The number of hydrogen-bond donors (Lipinski definition) is 1. The van der Waals surface area contributed by atoms with Crippen LogP contribution in [0.15, 0.2) is 36.7 Å². The average molecular weight is 254 g/mol. The van der Waals surface area contributed by atoms with Crippen LogP contribution in [0.2, 0.25) is 0 Å². The molecule has 1 N–H and O–H groups in total. The SMILES string of the molecule is CC1(C(=O)c2cccc3ccncc23)CCNCC1. The van der Waals surface area contributed by atoms with Gasteiger partial charge in [0.25, 0.3) is 0 Å². The van der Waals surface area contributed by atoms with Crippen LogP contribution in [-0.4, -0.2) is 23.9 Å². The lowest BCUT2D eigenvalue weighted by Gasteiger charge is -2.32. The standard InChI is InChI=1S/C16H18N2O/c1-16(6-9-17-10-7-16)15(19)13-4-2-3-12-5-8-18-11-14(12)13/h2-5,8,11,17H,6-7,9-10H2,1H3. The molecule has 0 amide bonds. The summed E-state index contributed by atoms with van der Waals surface area (Å²) in [5.41, 5.74) is 0.574. The third-order valence-electron chi connectivity index (χ3n) is 4.18. The number of rotatable bonds is 2. The van der Waals surface area contributed by atoms with Gasteiger partial charge in [-0.2, -0.15) is 0 Å². The Morgan fingerprint density at radius 1 is 1.26 bits per heavy atom. The molecule has 2 heterocycles. The molecule has 98 valence electrons. The summed E-state index contributed by atoms with van der Waals surface area (Å²) in [6, 6.07) is 7.87. The van der Waals surface area contributed by atoms with Gasteiger partial charge >= 0.3 is 0 Å². The Morgan fingerprint density at radius 3 is 2.84 bits per heavy atom. The molecule has 0 spiro atoms. The molecule has 19 heavy (non-hydrogen) atoms.